The number of carbonyl (C=O) groups is 2. The van der Waals surface area contributed by atoms with E-state index in [0.717, 1.165) is 16.9 Å². The maximum absolute atomic E-state index is 12.8. The molecule has 2 heterocycles. The van der Waals surface area contributed by atoms with E-state index in [4.69, 9.17) is 0 Å². The molecule has 1 aromatic heterocycles. The largest absolute Gasteiger partial charge is 0.354 e. The molecule has 1 saturated heterocycles. The predicted octanol–water partition coefficient (Wildman–Crippen LogP) is 1.23. The number of fused-ring (bicyclic) bond motifs is 1. The Labute approximate surface area is 129 Å². The SMILES string of the molecule is CCN(C(=O)c1ccc2nc(C)n(C)c2c1)C1CCNC1=O. The monoisotopic (exact) mass is 300 g/mol. The van der Waals surface area contributed by atoms with Gasteiger partial charge in [0.15, 0.2) is 0 Å². The summed E-state index contributed by atoms with van der Waals surface area (Å²) in [6.45, 7) is 4.98. The summed E-state index contributed by atoms with van der Waals surface area (Å²) in [4.78, 5) is 30.7. The van der Waals surface area contributed by atoms with Crippen molar-refractivity contribution in [1.82, 2.24) is 19.8 Å². The molecule has 1 unspecified atom stereocenters. The number of imidazole rings is 1. The molecular weight excluding hydrogens is 280 g/mol. The van der Waals surface area contributed by atoms with Gasteiger partial charge in [0.2, 0.25) is 5.91 Å². The zero-order chi connectivity index (χ0) is 15.9. The molecule has 0 bridgehead atoms. The van der Waals surface area contributed by atoms with Crippen molar-refractivity contribution in [1.29, 1.82) is 0 Å². The number of rotatable bonds is 3. The molecule has 6 heteroatoms. The Bertz CT molecular complexity index is 750. The summed E-state index contributed by atoms with van der Waals surface area (Å²) in [5.41, 5.74) is 2.39. The van der Waals surface area contributed by atoms with E-state index in [0.29, 0.717) is 25.1 Å². The van der Waals surface area contributed by atoms with Crippen LogP contribution in [-0.2, 0) is 11.8 Å². The minimum Gasteiger partial charge on any atom is -0.354 e. The number of benzene rings is 1. The van der Waals surface area contributed by atoms with Crippen LogP contribution in [0, 0.1) is 6.92 Å². The molecule has 1 aliphatic heterocycles. The molecule has 0 radical (unpaired) electrons. The topological polar surface area (TPSA) is 67.2 Å². The molecule has 1 atom stereocenters. The first kappa shape index (κ1) is 14.6. The molecule has 1 aliphatic rings. The molecule has 1 fully saturated rings. The Hall–Kier alpha value is -2.37. The normalized spacial score (nSPS) is 17.8. The number of aryl methyl sites for hydroxylation is 2. The number of hydrogen-bond donors (Lipinski definition) is 1. The van der Waals surface area contributed by atoms with Crippen LogP contribution in [0.2, 0.25) is 0 Å². The molecule has 116 valence electrons. The average molecular weight is 300 g/mol. The van der Waals surface area contributed by atoms with E-state index in [1.165, 1.54) is 0 Å². The second kappa shape index (κ2) is 5.44. The van der Waals surface area contributed by atoms with Crippen LogP contribution in [0.15, 0.2) is 18.2 Å². The maximum atomic E-state index is 12.8. The number of likely N-dealkylation sites (N-methyl/N-ethyl adjacent to an activating group) is 1. The maximum Gasteiger partial charge on any atom is 0.254 e. The molecule has 6 nitrogen and oxygen atoms in total. The molecule has 22 heavy (non-hydrogen) atoms. The van der Waals surface area contributed by atoms with E-state index in [-0.39, 0.29) is 17.9 Å². The van der Waals surface area contributed by atoms with Gasteiger partial charge in [0.05, 0.1) is 11.0 Å². The summed E-state index contributed by atoms with van der Waals surface area (Å²) in [7, 11) is 1.93. The lowest BCUT2D eigenvalue weighted by atomic mass is 10.1. The van der Waals surface area contributed by atoms with Crippen molar-refractivity contribution < 1.29 is 9.59 Å². The molecule has 2 aromatic rings. The van der Waals surface area contributed by atoms with Crippen LogP contribution < -0.4 is 5.32 Å². The van der Waals surface area contributed by atoms with Crippen molar-refractivity contribution in [3.63, 3.8) is 0 Å². The first-order valence-electron chi connectivity index (χ1n) is 7.54. The summed E-state index contributed by atoms with van der Waals surface area (Å²) < 4.78 is 1.96. The van der Waals surface area contributed by atoms with Gasteiger partial charge < -0.3 is 14.8 Å². The third kappa shape index (κ3) is 2.24. The van der Waals surface area contributed by atoms with Crippen molar-refractivity contribution >= 4 is 22.8 Å². The van der Waals surface area contributed by atoms with Crippen LogP contribution in [0.25, 0.3) is 11.0 Å². The highest BCUT2D eigenvalue weighted by molar-refractivity contribution is 6.00. The van der Waals surface area contributed by atoms with Gasteiger partial charge in [0.25, 0.3) is 5.91 Å². The molecule has 0 spiro atoms. The molecule has 3 rings (SSSR count). The van der Waals surface area contributed by atoms with E-state index in [1.807, 2.05) is 37.6 Å². The van der Waals surface area contributed by atoms with Gasteiger partial charge in [-0.2, -0.15) is 0 Å². The second-order valence-corrected chi connectivity index (χ2v) is 5.61. The molecule has 0 aliphatic carbocycles. The Morgan fingerprint density at radius 2 is 2.27 bits per heavy atom. The standard InChI is InChI=1S/C16H20N4O2/c1-4-20(13-7-8-17-15(13)21)16(22)11-5-6-12-14(9-11)19(3)10(2)18-12/h5-6,9,13H,4,7-8H2,1-3H3,(H,17,21). The molecule has 2 amide bonds. The zero-order valence-corrected chi connectivity index (χ0v) is 13.1. The van der Waals surface area contributed by atoms with Crippen LogP contribution in [0.5, 0.6) is 0 Å². The number of hydrogen-bond acceptors (Lipinski definition) is 3. The zero-order valence-electron chi connectivity index (χ0n) is 13.1. The lowest BCUT2D eigenvalue weighted by molar-refractivity contribution is -0.123. The van der Waals surface area contributed by atoms with E-state index < -0.39 is 0 Å². The molecule has 1 aromatic carbocycles. The van der Waals surface area contributed by atoms with Gasteiger partial charge in [0.1, 0.15) is 11.9 Å². The highest BCUT2D eigenvalue weighted by Crippen LogP contribution is 2.19. The van der Waals surface area contributed by atoms with Crippen LogP contribution in [-0.4, -0.2) is 45.4 Å². The van der Waals surface area contributed by atoms with Gasteiger partial charge in [-0.25, -0.2) is 4.98 Å². The predicted molar refractivity (Wildman–Crippen MR) is 83.6 cm³/mol. The quantitative estimate of drug-likeness (QED) is 0.927. The van der Waals surface area contributed by atoms with Gasteiger partial charge in [-0.05, 0) is 38.5 Å². The summed E-state index contributed by atoms with van der Waals surface area (Å²) >= 11 is 0. The fraction of sp³-hybridized carbons (Fsp3) is 0.438. The van der Waals surface area contributed by atoms with Crippen LogP contribution in [0.4, 0.5) is 0 Å². The fourth-order valence-corrected chi connectivity index (χ4v) is 2.99. The third-order valence-electron chi connectivity index (χ3n) is 4.35. The lowest BCUT2D eigenvalue weighted by Crippen LogP contribution is -2.44. The summed E-state index contributed by atoms with van der Waals surface area (Å²) in [5.74, 6) is 0.736. The van der Waals surface area contributed by atoms with E-state index in [1.54, 1.807) is 11.0 Å². The Kier molecular flexibility index (Phi) is 3.60. The second-order valence-electron chi connectivity index (χ2n) is 5.61. The number of nitrogens with zero attached hydrogens (tertiary/aromatic N) is 3. The van der Waals surface area contributed by atoms with Crippen LogP contribution in [0.1, 0.15) is 29.5 Å². The summed E-state index contributed by atoms with van der Waals surface area (Å²) in [6.07, 6.45) is 0.672. The number of aromatic nitrogens is 2. The Morgan fingerprint density at radius 3 is 2.91 bits per heavy atom. The first-order chi connectivity index (χ1) is 10.5. The smallest absolute Gasteiger partial charge is 0.254 e. The first-order valence-corrected chi connectivity index (χ1v) is 7.54. The minimum atomic E-state index is -0.360. The number of nitrogens with one attached hydrogen (secondary N) is 1. The van der Waals surface area contributed by atoms with E-state index in [2.05, 4.69) is 10.3 Å². The van der Waals surface area contributed by atoms with Gasteiger partial charge in [-0.3, -0.25) is 9.59 Å². The van der Waals surface area contributed by atoms with Gasteiger partial charge in [0, 0.05) is 25.7 Å². The Morgan fingerprint density at radius 1 is 1.50 bits per heavy atom. The van der Waals surface area contributed by atoms with Crippen molar-refractivity contribution in [3.8, 4) is 0 Å². The Balaban J connectivity index is 1.96. The van der Waals surface area contributed by atoms with Crippen molar-refractivity contribution in [3.05, 3.63) is 29.6 Å². The van der Waals surface area contributed by atoms with Gasteiger partial charge in [-0.15, -0.1) is 0 Å². The van der Waals surface area contributed by atoms with E-state index in [9.17, 15) is 9.59 Å². The molecular formula is C16H20N4O2. The van der Waals surface area contributed by atoms with Crippen molar-refractivity contribution in [2.24, 2.45) is 7.05 Å². The average Bonchev–Trinajstić information content (AvgIpc) is 3.05. The third-order valence-corrected chi connectivity index (χ3v) is 4.35. The van der Waals surface area contributed by atoms with Gasteiger partial charge >= 0.3 is 0 Å². The molecule has 0 saturated carbocycles. The summed E-state index contributed by atoms with van der Waals surface area (Å²) in [6, 6.07) is 5.14. The minimum absolute atomic E-state index is 0.0624. The van der Waals surface area contributed by atoms with Gasteiger partial charge in [-0.1, -0.05) is 0 Å². The highest BCUT2D eigenvalue weighted by atomic mass is 16.2. The van der Waals surface area contributed by atoms with Crippen molar-refractivity contribution in [2.45, 2.75) is 26.3 Å². The lowest BCUT2D eigenvalue weighted by Gasteiger charge is -2.25. The summed E-state index contributed by atoms with van der Waals surface area (Å²) in [5, 5.41) is 2.79. The van der Waals surface area contributed by atoms with Crippen molar-refractivity contribution in [2.75, 3.05) is 13.1 Å². The number of carbonyl (C=O) groups excluding carboxylic acids is 2. The fourth-order valence-electron chi connectivity index (χ4n) is 2.99. The van der Waals surface area contributed by atoms with Crippen LogP contribution >= 0.6 is 0 Å². The van der Waals surface area contributed by atoms with Crippen LogP contribution in [0.3, 0.4) is 0 Å². The van der Waals surface area contributed by atoms with E-state index >= 15 is 0 Å². The highest BCUT2D eigenvalue weighted by Gasteiger charge is 2.32. The molecule has 1 N–H and O–H groups in total. The number of amides is 2.